The van der Waals surface area contributed by atoms with Crippen molar-refractivity contribution in [3.63, 3.8) is 0 Å². The number of nitrogens with one attached hydrogen (secondary N) is 1. The summed E-state index contributed by atoms with van der Waals surface area (Å²) in [5.74, 6) is 0.815. The summed E-state index contributed by atoms with van der Waals surface area (Å²) in [4.78, 5) is 2.38. The van der Waals surface area contributed by atoms with E-state index in [1.165, 1.54) is 32.1 Å². The van der Waals surface area contributed by atoms with Crippen molar-refractivity contribution in [1.29, 1.82) is 0 Å². The molecule has 1 aliphatic carbocycles. The van der Waals surface area contributed by atoms with Gasteiger partial charge < -0.3 is 19.9 Å². The minimum absolute atomic E-state index is 0.00533. The summed E-state index contributed by atoms with van der Waals surface area (Å²) in [5.41, 5.74) is 0. The van der Waals surface area contributed by atoms with Crippen molar-refractivity contribution in [2.24, 2.45) is 5.92 Å². The predicted octanol–water partition coefficient (Wildman–Crippen LogP) is 0.325. The number of aliphatic hydroxyl groups is 1. The van der Waals surface area contributed by atoms with Crippen LogP contribution in [0.25, 0.3) is 0 Å². The summed E-state index contributed by atoms with van der Waals surface area (Å²) in [6, 6.07) is 0.0343. The average molecular weight is 282 g/mol. The fraction of sp³-hybridized carbons (Fsp3) is 1.00. The Kier molecular flexibility index (Phi) is 3.73. The van der Waals surface area contributed by atoms with Crippen LogP contribution < -0.4 is 5.32 Å². The van der Waals surface area contributed by atoms with Crippen molar-refractivity contribution >= 4 is 0 Å². The lowest BCUT2D eigenvalue weighted by Crippen LogP contribution is -2.65. The van der Waals surface area contributed by atoms with Crippen molar-refractivity contribution in [2.75, 3.05) is 26.2 Å². The van der Waals surface area contributed by atoms with Gasteiger partial charge in [-0.05, 0) is 51.2 Å². The van der Waals surface area contributed by atoms with Crippen LogP contribution in [0.1, 0.15) is 32.1 Å². The van der Waals surface area contributed by atoms with Crippen molar-refractivity contribution in [1.82, 2.24) is 10.2 Å². The molecular formula is C15H26N2O3. The zero-order valence-corrected chi connectivity index (χ0v) is 12.0. The quantitative estimate of drug-likeness (QED) is 0.778. The number of hydrogen-bond acceptors (Lipinski definition) is 5. The maximum atomic E-state index is 10.8. The minimum Gasteiger partial charge on any atom is -0.390 e. The van der Waals surface area contributed by atoms with Gasteiger partial charge >= 0.3 is 0 Å². The van der Waals surface area contributed by atoms with Crippen LogP contribution in [-0.4, -0.2) is 66.8 Å². The summed E-state index contributed by atoms with van der Waals surface area (Å²) in [7, 11) is 0. The topological polar surface area (TPSA) is 54.0 Å². The van der Waals surface area contributed by atoms with Gasteiger partial charge in [0.1, 0.15) is 6.10 Å². The van der Waals surface area contributed by atoms with Crippen LogP contribution in [-0.2, 0) is 9.47 Å². The summed E-state index contributed by atoms with van der Waals surface area (Å²) >= 11 is 0. The second-order valence-corrected chi connectivity index (χ2v) is 6.83. The summed E-state index contributed by atoms with van der Waals surface area (Å²) < 4.78 is 11.8. The molecule has 0 amide bonds. The third-order valence-corrected chi connectivity index (χ3v) is 5.28. The molecule has 5 unspecified atom stereocenters. The first kappa shape index (κ1) is 13.5. The highest BCUT2D eigenvalue weighted by molar-refractivity contribution is 5.02. The van der Waals surface area contributed by atoms with Crippen LogP contribution in [0.15, 0.2) is 0 Å². The molecule has 5 nitrogen and oxygen atoms in total. The second-order valence-electron chi connectivity index (χ2n) is 6.83. The minimum atomic E-state index is -0.377. The van der Waals surface area contributed by atoms with E-state index in [-0.39, 0.29) is 30.6 Å². The van der Waals surface area contributed by atoms with E-state index >= 15 is 0 Å². The highest BCUT2D eigenvalue weighted by atomic mass is 16.7. The summed E-state index contributed by atoms with van der Waals surface area (Å²) in [5, 5.41) is 14.4. The molecule has 5 atom stereocenters. The molecule has 0 radical (unpaired) electrons. The van der Waals surface area contributed by atoms with Crippen LogP contribution in [0.5, 0.6) is 0 Å². The molecule has 3 aliphatic heterocycles. The number of nitrogens with zero attached hydrogens (tertiary/aromatic N) is 1. The first-order chi connectivity index (χ1) is 9.83. The largest absolute Gasteiger partial charge is 0.390 e. The number of rotatable bonds is 4. The SMILES string of the molecule is OC1C(NCC2CC2)C2COC(O2)C1N1CCCCC1. The normalized spacial score (nSPS) is 45.8. The fourth-order valence-corrected chi connectivity index (χ4v) is 3.88. The summed E-state index contributed by atoms with van der Waals surface area (Å²) in [6.07, 6.45) is 5.82. The predicted molar refractivity (Wildman–Crippen MR) is 74.3 cm³/mol. The molecule has 114 valence electrons. The number of ether oxygens (including phenoxy) is 2. The Bertz CT molecular complexity index is 344. The average Bonchev–Trinajstić information content (AvgIpc) is 3.20. The lowest BCUT2D eigenvalue weighted by atomic mass is 9.93. The number of piperidine rings is 1. The van der Waals surface area contributed by atoms with E-state index in [1.807, 2.05) is 0 Å². The van der Waals surface area contributed by atoms with Gasteiger partial charge in [0.05, 0.1) is 24.8 Å². The number of fused-ring (bicyclic) bond motifs is 2. The van der Waals surface area contributed by atoms with Crippen LogP contribution >= 0.6 is 0 Å². The van der Waals surface area contributed by atoms with E-state index < -0.39 is 0 Å². The first-order valence-corrected chi connectivity index (χ1v) is 8.25. The van der Waals surface area contributed by atoms with Crippen molar-refractivity contribution < 1.29 is 14.6 Å². The first-order valence-electron chi connectivity index (χ1n) is 8.25. The highest BCUT2D eigenvalue weighted by Crippen LogP contribution is 2.34. The van der Waals surface area contributed by atoms with Gasteiger partial charge in [-0.25, -0.2) is 0 Å². The highest BCUT2D eigenvalue weighted by Gasteiger charge is 2.52. The lowest BCUT2D eigenvalue weighted by Gasteiger charge is -2.45. The van der Waals surface area contributed by atoms with E-state index in [1.54, 1.807) is 0 Å². The Morgan fingerprint density at radius 1 is 1.15 bits per heavy atom. The van der Waals surface area contributed by atoms with E-state index in [0.29, 0.717) is 6.61 Å². The van der Waals surface area contributed by atoms with Crippen LogP contribution in [0.3, 0.4) is 0 Å². The number of hydrogen-bond donors (Lipinski definition) is 2. The Morgan fingerprint density at radius 2 is 1.95 bits per heavy atom. The third-order valence-electron chi connectivity index (χ3n) is 5.28. The molecule has 5 heteroatoms. The molecule has 3 heterocycles. The molecule has 1 saturated carbocycles. The van der Waals surface area contributed by atoms with E-state index in [0.717, 1.165) is 25.6 Å². The Morgan fingerprint density at radius 3 is 2.70 bits per heavy atom. The fourth-order valence-electron chi connectivity index (χ4n) is 3.88. The Hall–Kier alpha value is -0.200. The molecule has 3 saturated heterocycles. The van der Waals surface area contributed by atoms with Crippen molar-refractivity contribution in [2.45, 2.75) is 62.7 Å². The zero-order valence-electron chi connectivity index (χ0n) is 12.0. The standard InChI is InChI=1S/C15H26N2O3/c18-14-12(16-8-10-4-5-10)11-9-19-15(20-11)13(14)17-6-2-1-3-7-17/h10-16,18H,1-9H2. The van der Waals surface area contributed by atoms with Crippen LogP contribution in [0.4, 0.5) is 0 Å². The molecule has 20 heavy (non-hydrogen) atoms. The van der Waals surface area contributed by atoms with E-state index in [9.17, 15) is 5.11 Å². The molecule has 4 rings (SSSR count). The zero-order chi connectivity index (χ0) is 13.5. The molecule has 0 aromatic heterocycles. The molecule has 0 aromatic carbocycles. The van der Waals surface area contributed by atoms with Gasteiger partial charge in [0.15, 0.2) is 6.29 Å². The molecule has 0 aromatic rings. The second kappa shape index (κ2) is 5.54. The molecule has 2 bridgehead atoms. The Balaban J connectivity index is 1.46. The molecular weight excluding hydrogens is 256 g/mol. The molecule has 4 aliphatic rings. The van der Waals surface area contributed by atoms with Gasteiger partial charge in [-0.1, -0.05) is 6.42 Å². The van der Waals surface area contributed by atoms with Gasteiger partial charge in [-0.2, -0.15) is 0 Å². The van der Waals surface area contributed by atoms with Crippen molar-refractivity contribution in [3.05, 3.63) is 0 Å². The van der Waals surface area contributed by atoms with Crippen LogP contribution in [0.2, 0.25) is 0 Å². The van der Waals surface area contributed by atoms with Crippen LogP contribution in [0, 0.1) is 5.92 Å². The molecule has 4 fully saturated rings. The lowest BCUT2D eigenvalue weighted by molar-refractivity contribution is -0.184. The van der Waals surface area contributed by atoms with E-state index in [2.05, 4.69) is 10.2 Å². The van der Waals surface area contributed by atoms with Crippen molar-refractivity contribution in [3.8, 4) is 0 Å². The molecule has 2 N–H and O–H groups in total. The van der Waals surface area contributed by atoms with Gasteiger partial charge in [-0.3, -0.25) is 4.90 Å². The Labute approximate surface area is 120 Å². The molecule has 0 spiro atoms. The van der Waals surface area contributed by atoms with Gasteiger partial charge in [-0.15, -0.1) is 0 Å². The maximum Gasteiger partial charge on any atom is 0.176 e. The van der Waals surface area contributed by atoms with Gasteiger partial charge in [0.2, 0.25) is 0 Å². The smallest absolute Gasteiger partial charge is 0.176 e. The third kappa shape index (κ3) is 2.50. The number of aliphatic hydroxyl groups excluding tert-OH is 1. The van der Waals surface area contributed by atoms with Gasteiger partial charge in [0, 0.05) is 0 Å². The van der Waals surface area contributed by atoms with Gasteiger partial charge in [0.25, 0.3) is 0 Å². The summed E-state index contributed by atoms with van der Waals surface area (Å²) in [6.45, 7) is 3.75. The van der Waals surface area contributed by atoms with E-state index in [4.69, 9.17) is 9.47 Å². The number of likely N-dealkylation sites (tertiary alicyclic amines) is 1. The maximum absolute atomic E-state index is 10.8. The monoisotopic (exact) mass is 282 g/mol.